The number of phenolic OH excluding ortho intramolecular Hbond substituents is 1. The number of nitrogens with one attached hydrogen (secondary N) is 1. The molecule has 0 fully saturated rings. The van der Waals surface area contributed by atoms with Crippen molar-refractivity contribution in [2.75, 3.05) is 0 Å². The fourth-order valence-electron chi connectivity index (χ4n) is 2.87. The van der Waals surface area contributed by atoms with Crippen LogP contribution in [-0.2, 0) is 0 Å². The standard InChI is InChI=1S/C23H16Cl2N2O/c24-18-8-11-20(21(25)13-18)22-14-26-23(27-22)12-3-15-1-4-16(5-2-15)17-6-9-19(28)10-7-17/h1-14,28H,(H,26,27). The molecule has 4 rings (SSSR count). The number of benzene rings is 3. The van der Waals surface area contributed by atoms with Crippen LogP contribution in [0.2, 0.25) is 10.0 Å². The van der Waals surface area contributed by atoms with Crippen molar-refractivity contribution in [3.63, 3.8) is 0 Å². The second-order valence-corrected chi connectivity index (χ2v) is 7.14. The molecule has 138 valence electrons. The molecule has 3 nitrogen and oxygen atoms in total. The zero-order valence-corrected chi connectivity index (χ0v) is 16.2. The van der Waals surface area contributed by atoms with E-state index in [4.69, 9.17) is 23.2 Å². The SMILES string of the molecule is Oc1ccc(-c2ccc(C=Cc3nc(-c4ccc(Cl)cc4Cl)c[nH]3)cc2)cc1. The van der Waals surface area contributed by atoms with Crippen LogP contribution in [-0.4, -0.2) is 15.1 Å². The summed E-state index contributed by atoms with van der Waals surface area (Å²) in [6.45, 7) is 0. The maximum Gasteiger partial charge on any atom is 0.130 e. The smallest absolute Gasteiger partial charge is 0.130 e. The van der Waals surface area contributed by atoms with Gasteiger partial charge in [0.1, 0.15) is 11.6 Å². The Morgan fingerprint density at radius 3 is 2.18 bits per heavy atom. The molecule has 0 aliphatic carbocycles. The minimum atomic E-state index is 0.265. The van der Waals surface area contributed by atoms with Crippen LogP contribution in [0.4, 0.5) is 0 Å². The molecule has 1 aromatic heterocycles. The van der Waals surface area contributed by atoms with E-state index in [2.05, 4.69) is 9.97 Å². The molecule has 3 aromatic carbocycles. The van der Waals surface area contributed by atoms with Crippen LogP contribution in [0.5, 0.6) is 5.75 Å². The van der Waals surface area contributed by atoms with Gasteiger partial charge < -0.3 is 10.1 Å². The lowest BCUT2D eigenvalue weighted by Crippen LogP contribution is -1.81. The Balaban J connectivity index is 1.50. The van der Waals surface area contributed by atoms with Crippen molar-refractivity contribution in [2.24, 2.45) is 0 Å². The average molecular weight is 407 g/mol. The first kappa shape index (κ1) is 18.4. The molecular weight excluding hydrogens is 391 g/mol. The highest BCUT2D eigenvalue weighted by Gasteiger charge is 2.07. The molecule has 0 unspecified atom stereocenters. The number of hydrogen-bond donors (Lipinski definition) is 2. The van der Waals surface area contributed by atoms with Crippen LogP contribution >= 0.6 is 23.2 Å². The van der Waals surface area contributed by atoms with Crippen molar-refractivity contribution in [1.29, 1.82) is 0 Å². The van der Waals surface area contributed by atoms with Gasteiger partial charge in [0, 0.05) is 16.8 Å². The fourth-order valence-corrected chi connectivity index (χ4v) is 3.38. The van der Waals surface area contributed by atoms with Crippen LogP contribution in [0.3, 0.4) is 0 Å². The summed E-state index contributed by atoms with van der Waals surface area (Å²) in [5, 5.41) is 10.6. The van der Waals surface area contributed by atoms with E-state index < -0.39 is 0 Å². The predicted molar refractivity (Wildman–Crippen MR) is 117 cm³/mol. The van der Waals surface area contributed by atoms with Gasteiger partial charge in [-0.05, 0) is 53.1 Å². The Labute approximate surface area is 172 Å². The lowest BCUT2D eigenvalue weighted by Gasteiger charge is -2.02. The summed E-state index contributed by atoms with van der Waals surface area (Å²) >= 11 is 12.2. The minimum Gasteiger partial charge on any atom is -0.508 e. The molecule has 4 aromatic rings. The molecule has 1 heterocycles. The zero-order chi connectivity index (χ0) is 19.5. The van der Waals surface area contributed by atoms with Gasteiger partial charge in [0.05, 0.1) is 10.7 Å². The highest BCUT2D eigenvalue weighted by atomic mass is 35.5. The van der Waals surface area contributed by atoms with Crippen molar-refractivity contribution in [1.82, 2.24) is 9.97 Å². The molecular formula is C23H16Cl2N2O. The van der Waals surface area contributed by atoms with Crippen LogP contribution in [0.1, 0.15) is 11.4 Å². The zero-order valence-electron chi connectivity index (χ0n) is 14.7. The van der Waals surface area contributed by atoms with Gasteiger partial charge in [-0.25, -0.2) is 4.98 Å². The molecule has 0 atom stereocenters. The molecule has 2 N–H and O–H groups in total. The molecule has 0 aliphatic rings. The number of aromatic hydroxyl groups is 1. The third-order valence-electron chi connectivity index (χ3n) is 4.35. The van der Waals surface area contributed by atoms with Crippen LogP contribution in [0, 0.1) is 0 Å². The van der Waals surface area contributed by atoms with Gasteiger partial charge in [0.2, 0.25) is 0 Å². The van der Waals surface area contributed by atoms with E-state index in [0.717, 1.165) is 33.8 Å². The van der Waals surface area contributed by atoms with Gasteiger partial charge in [-0.2, -0.15) is 0 Å². The molecule has 0 saturated carbocycles. The number of phenols is 1. The van der Waals surface area contributed by atoms with E-state index in [1.165, 1.54) is 0 Å². The molecule has 0 saturated heterocycles. The normalized spacial score (nSPS) is 11.2. The number of aromatic amines is 1. The second kappa shape index (κ2) is 7.93. The molecule has 0 radical (unpaired) electrons. The van der Waals surface area contributed by atoms with E-state index in [1.807, 2.05) is 60.8 Å². The van der Waals surface area contributed by atoms with Gasteiger partial charge in [0.15, 0.2) is 0 Å². The largest absolute Gasteiger partial charge is 0.508 e. The third-order valence-corrected chi connectivity index (χ3v) is 4.90. The number of H-pyrrole nitrogens is 1. The predicted octanol–water partition coefficient (Wildman–Crippen LogP) is 6.93. The van der Waals surface area contributed by atoms with Crippen molar-refractivity contribution >= 4 is 35.4 Å². The quantitative estimate of drug-likeness (QED) is 0.386. The van der Waals surface area contributed by atoms with E-state index in [-0.39, 0.29) is 5.75 Å². The van der Waals surface area contributed by atoms with Crippen molar-refractivity contribution in [2.45, 2.75) is 0 Å². The van der Waals surface area contributed by atoms with E-state index in [1.54, 1.807) is 24.3 Å². The number of halogens is 2. The molecule has 5 heteroatoms. The second-order valence-electron chi connectivity index (χ2n) is 6.30. The molecule has 28 heavy (non-hydrogen) atoms. The summed E-state index contributed by atoms with van der Waals surface area (Å²) < 4.78 is 0. The van der Waals surface area contributed by atoms with E-state index in [0.29, 0.717) is 10.0 Å². The number of rotatable bonds is 4. The monoisotopic (exact) mass is 406 g/mol. The maximum absolute atomic E-state index is 9.40. The summed E-state index contributed by atoms with van der Waals surface area (Å²) in [6.07, 6.45) is 5.73. The Morgan fingerprint density at radius 2 is 1.50 bits per heavy atom. The number of imidazole rings is 1. The summed E-state index contributed by atoms with van der Waals surface area (Å²) in [5.41, 5.74) is 4.81. The molecule has 0 bridgehead atoms. The summed E-state index contributed by atoms with van der Waals surface area (Å²) in [7, 11) is 0. The van der Waals surface area contributed by atoms with Gasteiger partial charge in [-0.1, -0.05) is 65.7 Å². The molecule has 0 spiro atoms. The third kappa shape index (κ3) is 4.11. The first-order chi connectivity index (χ1) is 13.6. The maximum atomic E-state index is 9.40. The van der Waals surface area contributed by atoms with E-state index >= 15 is 0 Å². The van der Waals surface area contributed by atoms with Gasteiger partial charge in [-0.3, -0.25) is 0 Å². The number of hydrogen-bond acceptors (Lipinski definition) is 2. The highest BCUT2D eigenvalue weighted by Crippen LogP contribution is 2.29. The Bertz CT molecular complexity index is 1130. The summed E-state index contributed by atoms with van der Waals surface area (Å²) in [5.74, 6) is 1.00. The van der Waals surface area contributed by atoms with Gasteiger partial charge in [0.25, 0.3) is 0 Å². The molecule has 0 amide bonds. The van der Waals surface area contributed by atoms with Crippen molar-refractivity contribution < 1.29 is 5.11 Å². The van der Waals surface area contributed by atoms with Crippen molar-refractivity contribution in [3.8, 4) is 28.1 Å². The topological polar surface area (TPSA) is 48.9 Å². The average Bonchev–Trinajstić information content (AvgIpc) is 3.16. The molecule has 0 aliphatic heterocycles. The van der Waals surface area contributed by atoms with Crippen LogP contribution in [0.15, 0.2) is 72.9 Å². The van der Waals surface area contributed by atoms with Gasteiger partial charge in [-0.15, -0.1) is 0 Å². The van der Waals surface area contributed by atoms with Crippen LogP contribution < -0.4 is 0 Å². The lowest BCUT2D eigenvalue weighted by atomic mass is 10.0. The van der Waals surface area contributed by atoms with E-state index in [9.17, 15) is 5.11 Å². The Morgan fingerprint density at radius 1 is 0.821 bits per heavy atom. The Kier molecular flexibility index (Phi) is 5.20. The lowest BCUT2D eigenvalue weighted by molar-refractivity contribution is 0.475. The first-order valence-corrected chi connectivity index (χ1v) is 9.42. The first-order valence-electron chi connectivity index (χ1n) is 8.67. The van der Waals surface area contributed by atoms with Crippen LogP contribution in [0.25, 0.3) is 34.5 Å². The minimum absolute atomic E-state index is 0.265. The summed E-state index contributed by atoms with van der Waals surface area (Å²) in [4.78, 5) is 7.71. The van der Waals surface area contributed by atoms with Gasteiger partial charge >= 0.3 is 0 Å². The number of aromatic nitrogens is 2. The summed E-state index contributed by atoms with van der Waals surface area (Å²) in [6, 6.07) is 20.7. The number of nitrogens with zero attached hydrogens (tertiary/aromatic N) is 1. The Hall–Kier alpha value is -3.01. The fraction of sp³-hybridized carbons (Fsp3) is 0. The van der Waals surface area contributed by atoms with Crippen molar-refractivity contribution in [3.05, 3.63) is 94.4 Å². The highest BCUT2D eigenvalue weighted by molar-refractivity contribution is 6.36.